The van der Waals surface area contributed by atoms with Crippen LogP contribution in [0, 0.1) is 0 Å². The van der Waals surface area contributed by atoms with Gasteiger partial charge in [0.05, 0.1) is 13.1 Å². The Morgan fingerprint density at radius 1 is 0.958 bits per heavy atom. The molecule has 2 aliphatic rings. The molecule has 0 unspecified atom stereocenters. The van der Waals surface area contributed by atoms with Crippen molar-refractivity contribution in [1.82, 2.24) is 14.4 Å². The van der Waals surface area contributed by atoms with Crippen LogP contribution in [0.4, 0.5) is 0 Å². The van der Waals surface area contributed by atoms with E-state index in [1.165, 1.54) is 42.3 Å². The molecule has 0 bridgehead atoms. The number of rotatable bonds is 2. The summed E-state index contributed by atoms with van der Waals surface area (Å²) in [5.41, 5.74) is 2.56. The summed E-state index contributed by atoms with van der Waals surface area (Å²) in [5.74, 6) is 0.295. The van der Waals surface area contributed by atoms with Crippen molar-refractivity contribution < 1.29 is 4.79 Å². The van der Waals surface area contributed by atoms with Crippen LogP contribution in [0.5, 0.6) is 0 Å². The van der Waals surface area contributed by atoms with E-state index in [9.17, 15) is 4.79 Å². The minimum atomic E-state index is 0. The molecule has 1 aromatic carbocycles. The molecule has 130 valence electrons. The van der Waals surface area contributed by atoms with Gasteiger partial charge < -0.3 is 9.47 Å². The molecule has 0 N–H and O–H groups in total. The lowest BCUT2D eigenvalue weighted by Gasteiger charge is -2.31. The number of nitrogens with zero attached hydrogens (tertiary/aromatic N) is 3. The molecule has 0 atom stereocenters. The van der Waals surface area contributed by atoms with E-state index in [0.717, 1.165) is 32.7 Å². The maximum atomic E-state index is 12.7. The Kier molecular flexibility index (Phi) is 5.47. The van der Waals surface area contributed by atoms with Crippen molar-refractivity contribution in [1.29, 1.82) is 0 Å². The average molecular weight is 348 g/mol. The standard InChI is InChI=1S/C19H25N3O.ClH/c23-19(15-20-9-5-1-2-6-10-20)21-11-12-22-17(14-21)13-16-7-3-4-8-18(16)22;/h3-4,7-8,13H,1-2,5-6,9-12,14-15H2;1H. The van der Waals surface area contributed by atoms with Gasteiger partial charge in [0.15, 0.2) is 0 Å². The normalized spacial score (nSPS) is 18.8. The molecule has 1 saturated heterocycles. The van der Waals surface area contributed by atoms with Gasteiger partial charge in [-0.3, -0.25) is 9.69 Å². The van der Waals surface area contributed by atoms with Crippen LogP contribution in [0.2, 0.25) is 0 Å². The molecule has 2 aromatic rings. The highest BCUT2D eigenvalue weighted by Crippen LogP contribution is 2.24. The first-order valence-electron chi connectivity index (χ1n) is 8.88. The van der Waals surface area contributed by atoms with E-state index < -0.39 is 0 Å². The minimum absolute atomic E-state index is 0. The third-order valence-electron chi connectivity index (χ3n) is 5.25. The molecule has 0 saturated carbocycles. The Hall–Kier alpha value is -1.52. The van der Waals surface area contributed by atoms with Crippen molar-refractivity contribution in [3.63, 3.8) is 0 Å². The summed E-state index contributed by atoms with van der Waals surface area (Å²) < 4.78 is 2.37. The van der Waals surface area contributed by atoms with Crippen LogP contribution in [-0.4, -0.2) is 46.5 Å². The van der Waals surface area contributed by atoms with E-state index in [1.54, 1.807) is 0 Å². The summed E-state index contributed by atoms with van der Waals surface area (Å²) >= 11 is 0. The number of benzene rings is 1. The maximum absolute atomic E-state index is 12.7. The van der Waals surface area contributed by atoms with E-state index in [4.69, 9.17) is 0 Å². The first-order valence-corrected chi connectivity index (χ1v) is 8.88. The zero-order chi connectivity index (χ0) is 15.6. The van der Waals surface area contributed by atoms with Crippen molar-refractivity contribution in [3.8, 4) is 0 Å². The number of likely N-dealkylation sites (tertiary alicyclic amines) is 1. The zero-order valence-corrected chi connectivity index (χ0v) is 14.9. The van der Waals surface area contributed by atoms with Crippen molar-refractivity contribution in [2.45, 2.75) is 38.8 Å². The molecule has 0 radical (unpaired) electrons. The quantitative estimate of drug-likeness (QED) is 0.834. The first-order chi connectivity index (χ1) is 11.3. The lowest BCUT2D eigenvalue weighted by molar-refractivity contribution is -0.133. The highest BCUT2D eigenvalue weighted by Gasteiger charge is 2.23. The Morgan fingerprint density at radius 2 is 1.71 bits per heavy atom. The third-order valence-corrected chi connectivity index (χ3v) is 5.25. The Labute approximate surface area is 149 Å². The average Bonchev–Trinajstić information content (AvgIpc) is 2.74. The summed E-state index contributed by atoms with van der Waals surface area (Å²) in [4.78, 5) is 17.1. The molecule has 24 heavy (non-hydrogen) atoms. The van der Waals surface area contributed by atoms with E-state index in [2.05, 4.69) is 39.8 Å². The molecule has 0 aliphatic carbocycles. The summed E-state index contributed by atoms with van der Waals surface area (Å²) in [6, 6.07) is 10.7. The SMILES string of the molecule is Cl.O=C(CN1CCCCCC1)N1CCn2c(cc3ccccc32)C1. The summed E-state index contributed by atoms with van der Waals surface area (Å²) in [6.45, 7) is 5.26. The third kappa shape index (κ3) is 3.45. The van der Waals surface area contributed by atoms with E-state index in [-0.39, 0.29) is 12.4 Å². The molecule has 2 aliphatic heterocycles. The van der Waals surface area contributed by atoms with Gasteiger partial charge in [-0.15, -0.1) is 12.4 Å². The van der Waals surface area contributed by atoms with E-state index in [0.29, 0.717) is 12.5 Å². The summed E-state index contributed by atoms with van der Waals surface area (Å²) in [6.07, 6.45) is 5.10. The van der Waals surface area contributed by atoms with Gasteiger partial charge >= 0.3 is 0 Å². The Balaban J connectivity index is 0.00000169. The van der Waals surface area contributed by atoms with Crippen LogP contribution in [0.3, 0.4) is 0 Å². The predicted octanol–water partition coefficient (Wildman–Crippen LogP) is 3.28. The maximum Gasteiger partial charge on any atom is 0.237 e. The first kappa shape index (κ1) is 17.3. The Morgan fingerprint density at radius 3 is 2.50 bits per heavy atom. The van der Waals surface area contributed by atoms with Crippen LogP contribution in [0.15, 0.2) is 30.3 Å². The number of hydrogen-bond donors (Lipinski definition) is 0. The fraction of sp³-hybridized carbons (Fsp3) is 0.526. The zero-order valence-electron chi connectivity index (χ0n) is 14.1. The van der Waals surface area contributed by atoms with Gasteiger partial charge in [0.2, 0.25) is 5.91 Å². The monoisotopic (exact) mass is 347 g/mol. The number of fused-ring (bicyclic) bond motifs is 3. The van der Waals surface area contributed by atoms with Gasteiger partial charge in [-0.1, -0.05) is 31.0 Å². The molecule has 4 nitrogen and oxygen atoms in total. The van der Waals surface area contributed by atoms with Crippen molar-refractivity contribution >= 4 is 29.2 Å². The molecule has 1 fully saturated rings. The number of para-hydroxylation sites is 1. The molecular formula is C19H26ClN3O. The topological polar surface area (TPSA) is 28.5 Å². The van der Waals surface area contributed by atoms with Gasteiger partial charge in [-0.2, -0.15) is 0 Å². The number of halogens is 1. The lowest BCUT2D eigenvalue weighted by Crippen LogP contribution is -2.44. The van der Waals surface area contributed by atoms with Gasteiger partial charge in [0.25, 0.3) is 0 Å². The van der Waals surface area contributed by atoms with Crippen LogP contribution < -0.4 is 0 Å². The molecular weight excluding hydrogens is 322 g/mol. The van der Waals surface area contributed by atoms with Crippen molar-refractivity contribution in [2.75, 3.05) is 26.2 Å². The second-order valence-corrected chi connectivity index (χ2v) is 6.85. The molecule has 5 heteroatoms. The molecule has 1 amide bonds. The molecule has 0 spiro atoms. The minimum Gasteiger partial charge on any atom is -0.341 e. The van der Waals surface area contributed by atoms with Crippen molar-refractivity contribution in [3.05, 3.63) is 36.0 Å². The van der Waals surface area contributed by atoms with Crippen molar-refractivity contribution in [2.24, 2.45) is 0 Å². The fourth-order valence-electron chi connectivity index (χ4n) is 3.96. The molecule has 1 aromatic heterocycles. The lowest BCUT2D eigenvalue weighted by atomic mass is 10.2. The number of carbonyl (C=O) groups is 1. The molecule has 4 rings (SSSR count). The fourth-order valence-corrected chi connectivity index (χ4v) is 3.96. The number of aromatic nitrogens is 1. The molecule has 3 heterocycles. The number of carbonyl (C=O) groups excluding carboxylic acids is 1. The highest BCUT2D eigenvalue weighted by molar-refractivity contribution is 5.85. The summed E-state index contributed by atoms with van der Waals surface area (Å²) in [7, 11) is 0. The highest BCUT2D eigenvalue weighted by atomic mass is 35.5. The van der Waals surface area contributed by atoms with Crippen LogP contribution in [0.25, 0.3) is 10.9 Å². The smallest absolute Gasteiger partial charge is 0.237 e. The second-order valence-electron chi connectivity index (χ2n) is 6.85. The summed E-state index contributed by atoms with van der Waals surface area (Å²) in [5, 5.41) is 1.28. The number of hydrogen-bond acceptors (Lipinski definition) is 2. The number of amides is 1. The van der Waals surface area contributed by atoms with Crippen LogP contribution in [0.1, 0.15) is 31.4 Å². The second kappa shape index (κ2) is 7.58. The Bertz CT molecular complexity index is 704. The van der Waals surface area contributed by atoms with Crippen LogP contribution in [-0.2, 0) is 17.9 Å². The van der Waals surface area contributed by atoms with Gasteiger partial charge in [-0.05, 0) is 43.5 Å². The predicted molar refractivity (Wildman–Crippen MR) is 99.5 cm³/mol. The van der Waals surface area contributed by atoms with Crippen LogP contribution >= 0.6 is 12.4 Å². The van der Waals surface area contributed by atoms with E-state index >= 15 is 0 Å². The van der Waals surface area contributed by atoms with Gasteiger partial charge in [0, 0.05) is 24.3 Å². The van der Waals surface area contributed by atoms with Gasteiger partial charge in [0.1, 0.15) is 0 Å². The van der Waals surface area contributed by atoms with Gasteiger partial charge in [-0.25, -0.2) is 0 Å². The largest absolute Gasteiger partial charge is 0.341 e. The van der Waals surface area contributed by atoms with E-state index in [1.807, 2.05) is 4.90 Å².